The molecule has 1 N–H and O–H groups in total. The highest BCUT2D eigenvalue weighted by Crippen LogP contribution is 2.35. The lowest BCUT2D eigenvalue weighted by Gasteiger charge is -2.22. The van der Waals surface area contributed by atoms with Gasteiger partial charge in [-0.2, -0.15) is 0 Å². The van der Waals surface area contributed by atoms with Crippen molar-refractivity contribution in [2.75, 3.05) is 31.3 Å². The second-order valence-electron chi connectivity index (χ2n) is 6.91. The van der Waals surface area contributed by atoms with E-state index in [1.54, 1.807) is 17.0 Å². The molecule has 0 aliphatic carbocycles. The minimum absolute atomic E-state index is 0.0402. The van der Waals surface area contributed by atoms with Crippen molar-refractivity contribution in [3.63, 3.8) is 0 Å². The van der Waals surface area contributed by atoms with Crippen LogP contribution >= 0.6 is 0 Å². The van der Waals surface area contributed by atoms with Crippen molar-refractivity contribution in [2.24, 2.45) is 0 Å². The van der Waals surface area contributed by atoms with Gasteiger partial charge in [-0.1, -0.05) is 12.1 Å². The molecule has 146 valence electrons. The zero-order valence-electron chi connectivity index (χ0n) is 15.6. The smallest absolute Gasteiger partial charge is 0.258 e. The first-order valence-corrected chi connectivity index (χ1v) is 9.27. The lowest BCUT2D eigenvalue weighted by molar-refractivity contribution is -0.123. The Balaban J connectivity index is 1.33. The number of nitrogens with one attached hydrogen (secondary N) is 1. The van der Waals surface area contributed by atoms with Crippen LogP contribution in [-0.2, 0) is 9.59 Å². The van der Waals surface area contributed by atoms with Gasteiger partial charge in [-0.3, -0.25) is 9.59 Å². The molecule has 1 unspecified atom stereocenters. The molecule has 7 heteroatoms. The second kappa shape index (κ2) is 7.80. The first-order valence-electron chi connectivity index (χ1n) is 9.27. The van der Waals surface area contributed by atoms with Crippen molar-refractivity contribution in [3.8, 4) is 17.2 Å². The molecule has 28 heavy (non-hydrogen) atoms. The van der Waals surface area contributed by atoms with E-state index in [0.29, 0.717) is 37.0 Å². The lowest BCUT2D eigenvalue weighted by Crippen LogP contribution is -2.39. The topological polar surface area (TPSA) is 77.1 Å². The average Bonchev–Trinajstić information content (AvgIpc) is 3.06. The zero-order chi connectivity index (χ0) is 19.5. The van der Waals surface area contributed by atoms with Crippen LogP contribution in [0, 0.1) is 6.92 Å². The summed E-state index contributed by atoms with van der Waals surface area (Å²) in [5.74, 6) is 1.68. The van der Waals surface area contributed by atoms with E-state index in [2.05, 4.69) is 5.32 Å². The Morgan fingerprint density at radius 1 is 1.18 bits per heavy atom. The molecule has 0 aromatic heterocycles. The summed E-state index contributed by atoms with van der Waals surface area (Å²) in [5, 5.41) is 2.87. The molecule has 2 aliphatic rings. The number of nitrogens with zero attached hydrogens (tertiary/aromatic N) is 1. The van der Waals surface area contributed by atoms with E-state index in [-0.39, 0.29) is 30.9 Å². The van der Waals surface area contributed by atoms with E-state index in [1.807, 2.05) is 37.3 Å². The van der Waals surface area contributed by atoms with Gasteiger partial charge < -0.3 is 24.4 Å². The zero-order valence-corrected chi connectivity index (χ0v) is 15.6. The first kappa shape index (κ1) is 18.2. The highest BCUT2D eigenvalue weighted by atomic mass is 16.6. The fraction of sp³-hybridized carbons (Fsp3) is 0.333. The molecule has 1 fully saturated rings. The van der Waals surface area contributed by atoms with Crippen molar-refractivity contribution < 1.29 is 23.8 Å². The molecule has 7 nitrogen and oxygen atoms in total. The van der Waals surface area contributed by atoms with E-state index in [4.69, 9.17) is 14.2 Å². The average molecular weight is 382 g/mol. The van der Waals surface area contributed by atoms with E-state index in [1.165, 1.54) is 0 Å². The summed E-state index contributed by atoms with van der Waals surface area (Å²) in [6, 6.07) is 12.7. The van der Waals surface area contributed by atoms with Gasteiger partial charge in [-0.05, 0) is 36.8 Å². The maximum Gasteiger partial charge on any atom is 0.258 e. The predicted molar refractivity (Wildman–Crippen MR) is 103 cm³/mol. The van der Waals surface area contributed by atoms with E-state index in [9.17, 15) is 9.59 Å². The summed E-state index contributed by atoms with van der Waals surface area (Å²) < 4.78 is 16.6. The molecule has 2 amide bonds. The highest BCUT2D eigenvalue weighted by Gasteiger charge is 2.32. The molecular formula is C21H22N2O5. The summed E-state index contributed by atoms with van der Waals surface area (Å²) in [6.45, 7) is 3.30. The molecule has 2 heterocycles. The van der Waals surface area contributed by atoms with E-state index < -0.39 is 0 Å². The molecule has 0 bridgehead atoms. The van der Waals surface area contributed by atoms with Gasteiger partial charge in [0.2, 0.25) is 5.91 Å². The van der Waals surface area contributed by atoms with Crippen LogP contribution in [0.5, 0.6) is 17.2 Å². The third-order valence-electron chi connectivity index (χ3n) is 4.69. The van der Waals surface area contributed by atoms with Crippen molar-refractivity contribution in [1.29, 1.82) is 0 Å². The van der Waals surface area contributed by atoms with Gasteiger partial charge in [0.1, 0.15) is 19.0 Å². The third-order valence-corrected chi connectivity index (χ3v) is 4.69. The van der Waals surface area contributed by atoms with Gasteiger partial charge in [0, 0.05) is 24.7 Å². The number of aryl methyl sites for hydroxylation is 1. The van der Waals surface area contributed by atoms with Gasteiger partial charge in [0.05, 0.1) is 6.04 Å². The SMILES string of the molecule is Cc1cccc(OCC(=O)NC2CC(=O)N(c3ccc4c(c3)OCCO4)C2)c1. The summed E-state index contributed by atoms with van der Waals surface area (Å²) in [6.07, 6.45) is 0.255. The Bertz CT molecular complexity index is 898. The van der Waals surface area contributed by atoms with Crippen molar-refractivity contribution in [2.45, 2.75) is 19.4 Å². The number of amides is 2. The molecule has 0 spiro atoms. The predicted octanol–water partition coefficient (Wildman–Crippen LogP) is 2.07. The van der Waals surface area contributed by atoms with Crippen LogP contribution in [0.3, 0.4) is 0 Å². The molecule has 2 aliphatic heterocycles. The molecule has 1 atom stereocenters. The number of fused-ring (bicyclic) bond motifs is 1. The maximum atomic E-state index is 12.4. The van der Waals surface area contributed by atoms with E-state index in [0.717, 1.165) is 11.3 Å². The number of benzene rings is 2. The minimum Gasteiger partial charge on any atom is -0.486 e. The fourth-order valence-electron chi connectivity index (χ4n) is 3.38. The first-order chi connectivity index (χ1) is 13.6. The van der Waals surface area contributed by atoms with Gasteiger partial charge in [-0.15, -0.1) is 0 Å². The minimum atomic E-state index is -0.255. The Morgan fingerprint density at radius 3 is 2.82 bits per heavy atom. The molecule has 0 saturated carbocycles. The van der Waals surface area contributed by atoms with Gasteiger partial charge in [0.25, 0.3) is 5.91 Å². The standard InChI is InChI=1S/C21H22N2O5/c1-14-3-2-4-17(9-14)28-13-20(24)22-15-10-21(25)23(12-15)16-5-6-18-19(11-16)27-8-7-26-18/h2-6,9,11,15H,7-8,10,12-13H2,1H3,(H,22,24). The summed E-state index contributed by atoms with van der Waals surface area (Å²) in [4.78, 5) is 26.3. The van der Waals surface area contributed by atoms with Crippen LogP contribution in [0.2, 0.25) is 0 Å². The molecular weight excluding hydrogens is 360 g/mol. The Morgan fingerprint density at radius 2 is 2.00 bits per heavy atom. The number of carbonyl (C=O) groups excluding carboxylic acids is 2. The van der Waals surface area contributed by atoms with Gasteiger partial charge in [-0.25, -0.2) is 0 Å². The Labute approximate surface area is 163 Å². The van der Waals surface area contributed by atoms with Gasteiger partial charge in [0.15, 0.2) is 18.1 Å². The van der Waals surface area contributed by atoms with Crippen LogP contribution in [0.15, 0.2) is 42.5 Å². The molecule has 2 aromatic rings. The third kappa shape index (κ3) is 4.03. The van der Waals surface area contributed by atoms with Crippen LogP contribution < -0.4 is 24.4 Å². The Kier molecular flexibility index (Phi) is 5.06. The molecule has 1 saturated heterocycles. The van der Waals surface area contributed by atoms with Crippen LogP contribution in [0.25, 0.3) is 0 Å². The number of hydrogen-bond donors (Lipinski definition) is 1. The lowest BCUT2D eigenvalue weighted by atomic mass is 10.2. The fourth-order valence-corrected chi connectivity index (χ4v) is 3.38. The van der Waals surface area contributed by atoms with Crippen LogP contribution in [0.4, 0.5) is 5.69 Å². The number of anilines is 1. The molecule has 0 radical (unpaired) electrons. The quantitative estimate of drug-likeness (QED) is 0.857. The highest BCUT2D eigenvalue weighted by molar-refractivity contribution is 5.97. The number of hydrogen-bond acceptors (Lipinski definition) is 5. The van der Waals surface area contributed by atoms with Crippen LogP contribution in [-0.4, -0.2) is 44.2 Å². The van der Waals surface area contributed by atoms with Crippen molar-refractivity contribution in [1.82, 2.24) is 5.32 Å². The van der Waals surface area contributed by atoms with Gasteiger partial charge >= 0.3 is 0 Å². The summed E-state index contributed by atoms with van der Waals surface area (Å²) >= 11 is 0. The largest absolute Gasteiger partial charge is 0.486 e. The summed E-state index contributed by atoms with van der Waals surface area (Å²) in [5.41, 5.74) is 1.80. The van der Waals surface area contributed by atoms with Crippen molar-refractivity contribution >= 4 is 17.5 Å². The summed E-state index contributed by atoms with van der Waals surface area (Å²) in [7, 11) is 0. The van der Waals surface area contributed by atoms with E-state index >= 15 is 0 Å². The van der Waals surface area contributed by atoms with Crippen molar-refractivity contribution in [3.05, 3.63) is 48.0 Å². The number of ether oxygens (including phenoxy) is 3. The maximum absolute atomic E-state index is 12.4. The second-order valence-corrected chi connectivity index (χ2v) is 6.91. The normalized spacial score (nSPS) is 18.1. The Hall–Kier alpha value is -3.22. The van der Waals surface area contributed by atoms with Crippen LogP contribution in [0.1, 0.15) is 12.0 Å². The molecule has 2 aromatic carbocycles. The number of rotatable bonds is 5. The monoisotopic (exact) mass is 382 g/mol. The number of carbonyl (C=O) groups is 2. The molecule has 4 rings (SSSR count).